The number of hydrogen-bond donors (Lipinski definition) is 2. The minimum absolute atomic E-state index is 1.16. The normalized spacial score (nSPS) is 11.8. The van der Waals surface area contributed by atoms with Crippen LogP contribution in [0.3, 0.4) is 0 Å². The number of H-pyrrole nitrogens is 2. The monoisotopic (exact) mass is 436 g/mol. The second-order valence-electron chi connectivity index (χ2n) is 9.33. The molecule has 2 nitrogen and oxygen atoms in total. The Balaban J connectivity index is 1.83. The zero-order valence-corrected chi connectivity index (χ0v) is 19.2. The Morgan fingerprint density at radius 3 is 1.62 bits per heavy atom. The third-order valence-corrected chi connectivity index (χ3v) is 7.03. The molecule has 0 radical (unpaired) electrons. The van der Waals surface area contributed by atoms with Crippen molar-refractivity contribution < 1.29 is 0 Å². The van der Waals surface area contributed by atoms with Gasteiger partial charge in [0.1, 0.15) is 0 Å². The minimum Gasteiger partial charge on any atom is -0.354 e. The van der Waals surface area contributed by atoms with Gasteiger partial charge in [-0.2, -0.15) is 0 Å². The molecule has 2 heterocycles. The molecular formula is C32H24N2. The largest absolute Gasteiger partial charge is 0.354 e. The van der Waals surface area contributed by atoms with Gasteiger partial charge in [0.25, 0.3) is 0 Å². The lowest BCUT2D eigenvalue weighted by atomic mass is 9.87. The van der Waals surface area contributed by atoms with Crippen molar-refractivity contribution in [3.8, 4) is 22.3 Å². The first-order valence-corrected chi connectivity index (χ1v) is 11.8. The van der Waals surface area contributed by atoms with E-state index in [0.29, 0.717) is 0 Å². The fourth-order valence-corrected chi connectivity index (χ4v) is 5.61. The average Bonchev–Trinajstić information content (AvgIpc) is 3.42. The Morgan fingerprint density at radius 1 is 0.471 bits per heavy atom. The first kappa shape index (κ1) is 19.2. The minimum atomic E-state index is 1.16. The van der Waals surface area contributed by atoms with Crippen LogP contribution in [0, 0.1) is 13.8 Å². The van der Waals surface area contributed by atoms with E-state index in [1.165, 1.54) is 71.5 Å². The van der Waals surface area contributed by atoms with Crippen molar-refractivity contribution in [2.45, 2.75) is 13.8 Å². The van der Waals surface area contributed by atoms with E-state index in [9.17, 15) is 0 Å². The summed E-state index contributed by atoms with van der Waals surface area (Å²) >= 11 is 0. The number of aromatic nitrogens is 2. The smallest absolute Gasteiger partial charge is 0.0573 e. The average molecular weight is 437 g/mol. The summed E-state index contributed by atoms with van der Waals surface area (Å²) in [6.45, 7) is 4.34. The number of aryl methyl sites for hydroxylation is 2. The van der Waals surface area contributed by atoms with Gasteiger partial charge in [-0.25, -0.2) is 0 Å². The summed E-state index contributed by atoms with van der Waals surface area (Å²) in [6, 6.07) is 35.1. The fourth-order valence-electron chi connectivity index (χ4n) is 5.61. The maximum Gasteiger partial charge on any atom is 0.0573 e. The molecule has 0 fully saturated rings. The number of para-hydroxylation sites is 2. The van der Waals surface area contributed by atoms with Crippen LogP contribution in [0.2, 0.25) is 0 Å². The Kier molecular flexibility index (Phi) is 4.01. The van der Waals surface area contributed by atoms with E-state index >= 15 is 0 Å². The Morgan fingerprint density at radius 2 is 1.00 bits per heavy atom. The molecule has 2 N–H and O–H groups in total. The van der Waals surface area contributed by atoms with E-state index in [0.717, 1.165) is 5.52 Å². The van der Waals surface area contributed by atoms with E-state index in [4.69, 9.17) is 0 Å². The third kappa shape index (κ3) is 2.69. The summed E-state index contributed by atoms with van der Waals surface area (Å²) < 4.78 is 0. The highest BCUT2D eigenvalue weighted by molar-refractivity contribution is 6.32. The standard InChI is InChI=1S/C32H24N2/c1-19-9-7-11-21(17-19)27-28(22-12-8-10-20(2)18-22)31-30(24-14-4-6-16-26(24)33-31)32-29(27)23-13-3-5-15-25(23)34-32/h3-18,33-34H,1-2H3. The molecular weight excluding hydrogens is 412 g/mol. The third-order valence-electron chi connectivity index (χ3n) is 7.03. The van der Waals surface area contributed by atoms with Crippen molar-refractivity contribution in [1.29, 1.82) is 0 Å². The van der Waals surface area contributed by atoms with Gasteiger partial charge in [0.15, 0.2) is 0 Å². The molecule has 0 amide bonds. The van der Waals surface area contributed by atoms with Crippen LogP contribution in [-0.2, 0) is 0 Å². The highest BCUT2D eigenvalue weighted by Gasteiger charge is 2.23. The van der Waals surface area contributed by atoms with Crippen molar-refractivity contribution in [2.75, 3.05) is 0 Å². The van der Waals surface area contributed by atoms with Gasteiger partial charge in [-0.3, -0.25) is 0 Å². The highest BCUT2D eigenvalue weighted by atomic mass is 14.8. The van der Waals surface area contributed by atoms with Gasteiger partial charge < -0.3 is 9.97 Å². The summed E-state index contributed by atoms with van der Waals surface area (Å²) in [6.07, 6.45) is 0. The molecule has 0 atom stereocenters. The number of benzene rings is 5. The summed E-state index contributed by atoms with van der Waals surface area (Å²) in [4.78, 5) is 7.60. The van der Waals surface area contributed by atoms with Crippen molar-refractivity contribution in [3.05, 3.63) is 108 Å². The van der Waals surface area contributed by atoms with Crippen LogP contribution in [0.1, 0.15) is 11.1 Å². The molecule has 2 aromatic heterocycles. The van der Waals surface area contributed by atoms with Gasteiger partial charge in [0.2, 0.25) is 0 Å². The molecule has 162 valence electrons. The van der Waals surface area contributed by atoms with Gasteiger partial charge in [-0.15, -0.1) is 0 Å². The molecule has 5 aromatic carbocycles. The van der Waals surface area contributed by atoms with Gasteiger partial charge in [0.05, 0.1) is 11.0 Å². The zero-order chi connectivity index (χ0) is 22.8. The summed E-state index contributed by atoms with van der Waals surface area (Å²) in [7, 11) is 0. The van der Waals surface area contributed by atoms with Crippen molar-refractivity contribution >= 4 is 43.6 Å². The predicted octanol–water partition coefficient (Wildman–Crippen LogP) is 8.91. The first-order valence-electron chi connectivity index (χ1n) is 11.8. The quantitative estimate of drug-likeness (QED) is 0.271. The van der Waals surface area contributed by atoms with E-state index in [2.05, 4.69) is 121 Å². The van der Waals surface area contributed by atoms with Crippen LogP contribution in [0.5, 0.6) is 0 Å². The molecule has 0 aliphatic heterocycles. The Labute approximate surface area is 197 Å². The maximum atomic E-state index is 3.81. The SMILES string of the molecule is Cc1cccc(-c2c(-c3cccc(C)c3)c3c4ccccc4[nH]c3c3c2[nH]c2ccccc23)c1. The lowest BCUT2D eigenvalue weighted by Gasteiger charge is -2.16. The molecule has 7 rings (SSSR count). The van der Waals surface area contributed by atoms with Crippen LogP contribution in [0.4, 0.5) is 0 Å². The van der Waals surface area contributed by atoms with Gasteiger partial charge in [-0.1, -0.05) is 96.1 Å². The fraction of sp³-hybridized carbons (Fsp3) is 0.0625. The predicted molar refractivity (Wildman–Crippen MR) is 146 cm³/mol. The van der Waals surface area contributed by atoms with Gasteiger partial charge in [0, 0.05) is 43.7 Å². The second kappa shape index (κ2) is 7.10. The summed E-state index contributed by atoms with van der Waals surface area (Å²) in [5.74, 6) is 0. The number of aromatic amines is 2. The number of rotatable bonds is 2. The van der Waals surface area contributed by atoms with Gasteiger partial charge >= 0.3 is 0 Å². The Hall–Kier alpha value is -4.30. The lowest BCUT2D eigenvalue weighted by Crippen LogP contribution is -1.91. The molecule has 0 spiro atoms. The molecule has 0 unspecified atom stereocenters. The van der Waals surface area contributed by atoms with Crippen LogP contribution in [0.25, 0.3) is 65.9 Å². The van der Waals surface area contributed by atoms with Crippen molar-refractivity contribution in [3.63, 3.8) is 0 Å². The van der Waals surface area contributed by atoms with Crippen LogP contribution >= 0.6 is 0 Å². The number of hydrogen-bond acceptors (Lipinski definition) is 0. The van der Waals surface area contributed by atoms with Gasteiger partial charge in [-0.05, 0) is 37.1 Å². The highest BCUT2D eigenvalue weighted by Crippen LogP contribution is 2.48. The van der Waals surface area contributed by atoms with E-state index in [1.807, 2.05) is 0 Å². The van der Waals surface area contributed by atoms with Crippen LogP contribution in [0.15, 0.2) is 97.1 Å². The molecule has 0 saturated carbocycles. The number of fused-ring (bicyclic) bond motifs is 7. The molecule has 0 aliphatic carbocycles. The van der Waals surface area contributed by atoms with Crippen LogP contribution in [-0.4, -0.2) is 9.97 Å². The molecule has 7 aromatic rings. The topological polar surface area (TPSA) is 31.6 Å². The molecule has 2 heteroatoms. The molecule has 0 aliphatic rings. The molecule has 34 heavy (non-hydrogen) atoms. The number of nitrogens with one attached hydrogen (secondary N) is 2. The van der Waals surface area contributed by atoms with Crippen LogP contribution < -0.4 is 0 Å². The van der Waals surface area contributed by atoms with Crippen molar-refractivity contribution in [2.24, 2.45) is 0 Å². The van der Waals surface area contributed by atoms with Crippen molar-refractivity contribution in [1.82, 2.24) is 9.97 Å². The summed E-state index contributed by atoms with van der Waals surface area (Å²) in [5.41, 5.74) is 12.2. The lowest BCUT2D eigenvalue weighted by molar-refractivity contribution is 1.45. The first-order chi connectivity index (χ1) is 16.7. The second-order valence-corrected chi connectivity index (χ2v) is 9.33. The van der Waals surface area contributed by atoms with E-state index in [-0.39, 0.29) is 0 Å². The van der Waals surface area contributed by atoms with E-state index < -0.39 is 0 Å². The molecule has 0 saturated heterocycles. The molecule has 0 bridgehead atoms. The maximum absolute atomic E-state index is 3.81. The van der Waals surface area contributed by atoms with E-state index in [1.54, 1.807) is 0 Å². The summed E-state index contributed by atoms with van der Waals surface area (Å²) in [5, 5.41) is 5.05. The zero-order valence-electron chi connectivity index (χ0n) is 19.2. The Bertz CT molecular complexity index is 1880.